The molecular formula is C29H27N5O6. The zero-order valence-electron chi connectivity index (χ0n) is 22.1. The number of nitro groups is 1. The van der Waals surface area contributed by atoms with Crippen LogP contribution < -0.4 is 15.5 Å². The Labute approximate surface area is 230 Å². The highest BCUT2D eigenvalue weighted by atomic mass is 16.6. The van der Waals surface area contributed by atoms with Crippen LogP contribution >= 0.6 is 0 Å². The largest absolute Gasteiger partial charge is 0.444 e. The molecule has 0 aromatic heterocycles. The van der Waals surface area contributed by atoms with Crippen molar-refractivity contribution in [3.8, 4) is 0 Å². The standard InChI is InChI=1S/C29H27N5O6/c1-29(2,3)40-28(37)30-22-12-8-7-11-20(22)26(35)32-25-27(36)33-14-13-18-15-19(34(38)39)16-21(24(18)33)23(31-25)17-9-5-4-6-10-17/h4-12,15-16,25H,13-14H2,1-3H3,(H,30,37)(H,32,35). The summed E-state index contributed by atoms with van der Waals surface area (Å²) in [5.41, 5.74) is 2.13. The molecule has 0 radical (unpaired) electrons. The Morgan fingerprint density at radius 2 is 1.77 bits per heavy atom. The Kier molecular flexibility index (Phi) is 6.80. The maximum atomic E-state index is 13.7. The molecule has 11 nitrogen and oxygen atoms in total. The third kappa shape index (κ3) is 5.26. The lowest BCUT2D eigenvalue weighted by Crippen LogP contribution is -2.47. The van der Waals surface area contributed by atoms with Crippen LogP contribution in [-0.4, -0.2) is 46.9 Å². The summed E-state index contributed by atoms with van der Waals surface area (Å²) >= 11 is 0. The number of nitro benzene ring substituents is 1. The highest BCUT2D eigenvalue weighted by Gasteiger charge is 2.38. The number of ether oxygens (including phenoxy) is 1. The van der Waals surface area contributed by atoms with E-state index in [1.807, 2.05) is 6.07 Å². The molecule has 2 N–H and O–H groups in total. The molecule has 11 heteroatoms. The normalized spacial score (nSPS) is 16.0. The van der Waals surface area contributed by atoms with E-state index in [0.29, 0.717) is 41.1 Å². The van der Waals surface area contributed by atoms with Crippen LogP contribution in [0.25, 0.3) is 0 Å². The molecule has 1 unspecified atom stereocenters. The van der Waals surface area contributed by atoms with Gasteiger partial charge < -0.3 is 15.0 Å². The van der Waals surface area contributed by atoms with Crippen molar-refractivity contribution >= 4 is 40.7 Å². The SMILES string of the molecule is CC(C)(C)OC(=O)Nc1ccccc1C(=O)NC1N=C(c2ccccc2)c2cc([N+](=O)[O-])cc3c2N(CC3)C1=O. The van der Waals surface area contributed by atoms with Gasteiger partial charge in [-0.2, -0.15) is 0 Å². The zero-order chi connectivity index (χ0) is 28.6. The van der Waals surface area contributed by atoms with Crippen LogP contribution in [-0.2, 0) is 16.0 Å². The summed E-state index contributed by atoms with van der Waals surface area (Å²) in [6.45, 7) is 5.47. The summed E-state index contributed by atoms with van der Waals surface area (Å²) in [6.07, 6.45) is -1.62. The van der Waals surface area contributed by atoms with E-state index in [-0.39, 0.29) is 16.9 Å². The van der Waals surface area contributed by atoms with E-state index in [0.717, 1.165) is 0 Å². The summed E-state index contributed by atoms with van der Waals surface area (Å²) in [4.78, 5) is 57.0. The minimum atomic E-state index is -1.32. The highest BCUT2D eigenvalue weighted by molar-refractivity contribution is 6.21. The molecule has 0 spiro atoms. The summed E-state index contributed by atoms with van der Waals surface area (Å²) < 4.78 is 5.31. The first-order chi connectivity index (χ1) is 19.0. The van der Waals surface area contributed by atoms with E-state index in [1.54, 1.807) is 63.2 Å². The lowest BCUT2D eigenvalue weighted by Gasteiger charge is -2.22. The van der Waals surface area contributed by atoms with Crippen molar-refractivity contribution in [3.05, 3.63) is 99.1 Å². The number of nitrogens with one attached hydrogen (secondary N) is 2. The van der Waals surface area contributed by atoms with Crippen molar-refractivity contribution in [2.75, 3.05) is 16.8 Å². The van der Waals surface area contributed by atoms with E-state index in [4.69, 9.17) is 4.74 Å². The van der Waals surface area contributed by atoms with E-state index in [1.165, 1.54) is 23.1 Å². The van der Waals surface area contributed by atoms with Crippen LogP contribution in [0, 0.1) is 10.1 Å². The number of carbonyl (C=O) groups excluding carboxylic acids is 3. The number of para-hydroxylation sites is 1. The first-order valence-electron chi connectivity index (χ1n) is 12.7. The molecule has 3 aromatic carbocycles. The smallest absolute Gasteiger partial charge is 0.412 e. The van der Waals surface area contributed by atoms with Gasteiger partial charge in [0.2, 0.25) is 6.17 Å². The van der Waals surface area contributed by atoms with Crippen molar-refractivity contribution in [1.82, 2.24) is 5.32 Å². The van der Waals surface area contributed by atoms with Crippen molar-refractivity contribution in [2.45, 2.75) is 39.0 Å². The molecule has 3 amide bonds. The van der Waals surface area contributed by atoms with Gasteiger partial charge >= 0.3 is 6.09 Å². The molecule has 2 aliphatic rings. The van der Waals surface area contributed by atoms with Gasteiger partial charge in [-0.1, -0.05) is 42.5 Å². The average molecular weight is 542 g/mol. The van der Waals surface area contributed by atoms with Crippen LogP contribution in [0.1, 0.15) is 47.8 Å². The molecule has 40 heavy (non-hydrogen) atoms. The predicted octanol–water partition coefficient (Wildman–Crippen LogP) is 4.44. The molecule has 0 saturated heterocycles. The number of hydrogen-bond donors (Lipinski definition) is 2. The Morgan fingerprint density at radius 3 is 2.48 bits per heavy atom. The number of hydrogen-bond acceptors (Lipinski definition) is 7. The van der Waals surface area contributed by atoms with Gasteiger partial charge in [0.15, 0.2) is 0 Å². The first kappa shape index (κ1) is 26.5. The highest BCUT2D eigenvalue weighted by Crippen LogP contribution is 2.39. The fraction of sp³-hybridized carbons (Fsp3) is 0.241. The van der Waals surface area contributed by atoms with Crippen LogP contribution in [0.15, 0.2) is 71.7 Å². The van der Waals surface area contributed by atoms with Crippen LogP contribution in [0.4, 0.5) is 21.9 Å². The van der Waals surface area contributed by atoms with E-state index in [2.05, 4.69) is 15.6 Å². The van der Waals surface area contributed by atoms with Crippen molar-refractivity contribution in [1.29, 1.82) is 0 Å². The Hall–Kier alpha value is -5.06. The number of amides is 3. The second-order valence-corrected chi connectivity index (χ2v) is 10.4. The lowest BCUT2D eigenvalue weighted by atomic mass is 9.97. The van der Waals surface area contributed by atoms with Crippen molar-refractivity contribution in [2.24, 2.45) is 4.99 Å². The maximum Gasteiger partial charge on any atom is 0.412 e. The van der Waals surface area contributed by atoms with E-state index >= 15 is 0 Å². The summed E-state index contributed by atoms with van der Waals surface area (Å²) in [6, 6.07) is 18.2. The molecule has 2 aliphatic heterocycles. The van der Waals surface area contributed by atoms with Crippen LogP contribution in [0.5, 0.6) is 0 Å². The number of nitrogens with zero attached hydrogens (tertiary/aromatic N) is 3. The van der Waals surface area contributed by atoms with Gasteiger partial charge in [0.25, 0.3) is 17.5 Å². The number of aliphatic imine (C=N–C) groups is 1. The molecule has 1 atom stereocenters. The molecule has 0 aliphatic carbocycles. The molecule has 204 valence electrons. The topological polar surface area (TPSA) is 143 Å². The first-order valence-corrected chi connectivity index (χ1v) is 12.7. The van der Waals surface area contributed by atoms with Gasteiger partial charge in [0, 0.05) is 29.8 Å². The molecule has 0 fully saturated rings. The molecule has 5 rings (SSSR count). The minimum absolute atomic E-state index is 0.101. The Morgan fingerprint density at radius 1 is 1.07 bits per heavy atom. The third-order valence-corrected chi connectivity index (χ3v) is 6.39. The minimum Gasteiger partial charge on any atom is -0.444 e. The van der Waals surface area contributed by atoms with Gasteiger partial charge in [-0.05, 0) is 44.9 Å². The number of anilines is 2. The van der Waals surface area contributed by atoms with Crippen molar-refractivity contribution < 1.29 is 24.0 Å². The molecule has 0 saturated carbocycles. The summed E-state index contributed by atoms with van der Waals surface area (Å²) in [5, 5.41) is 17.0. The molecule has 3 aromatic rings. The second kappa shape index (κ2) is 10.3. The van der Waals surface area contributed by atoms with E-state index in [9.17, 15) is 24.5 Å². The van der Waals surface area contributed by atoms with Crippen molar-refractivity contribution in [3.63, 3.8) is 0 Å². The number of rotatable bonds is 5. The molecule has 0 bridgehead atoms. The fourth-order valence-corrected chi connectivity index (χ4v) is 4.76. The quantitative estimate of drug-likeness (QED) is 0.361. The van der Waals surface area contributed by atoms with Gasteiger partial charge in [0.05, 0.1) is 27.6 Å². The second-order valence-electron chi connectivity index (χ2n) is 10.4. The number of non-ortho nitro benzene ring substituents is 1. The molecular weight excluding hydrogens is 514 g/mol. The average Bonchev–Trinajstić information content (AvgIpc) is 3.29. The van der Waals surface area contributed by atoms with Gasteiger partial charge in [-0.25, -0.2) is 9.79 Å². The Bertz CT molecular complexity index is 1560. The van der Waals surface area contributed by atoms with Crippen LogP contribution in [0.3, 0.4) is 0 Å². The maximum absolute atomic E-state index is 13.7. The third-order valence-electron chi connectivity index (χ3n) is 6.39. The zero-order valence-corrected chi connectivity index (χ0v) is 22.1. The Balaban J connectivity index is 1.54. The van der Waals surface area contributed by atoms with Gasteiger partial charge in [0.1, 0.15) is 5.60 Å². The monoisotopic (exact) mass is 541 g/mol. The summed E-state index contributed by atoms with van der Waals surface area (Å²) in [5.74, 6) is -1.11. The van der Waals surface area contributed by atoms with Crippen LogP contribution in [0.2, 0.25) is 0 Å². The van der Waals surface area contributed by atoms with Gasteiger partial charge in [-0.15, -0.1) is 0 Å². The number of carbonyl (C=O) groups is 3. The molecule has 2 heterocycles. The van der Waals surface area contributed by atoms with Gasteiger partial charge in [-0.3, -0.25) is 25.0 Å². The summed E-state index contributed by atoms with van der Waals surface area (Å²) in [7, 11) is 0. The number of benzene rings is 3. The fourth-order valence-electron chi connectivity index (χ4n) is 4.76. The lowest BCUT2D eigenvalue weighted by molar-refractivity contribution is -0.384. The van der Waals surface area contributed by atoms with E-state index < -0.39 is 34.6 Å². The predicted molar refractivity (Wildman–Crippen MR) is 149 cm³/mol.